The van der Waals surface area contributed by atoms with Gasteiger partial charge in [0.25, 0.3) is 0 Å². The van der Waals surface area contributed by atoms with Gasteiger partial charge < -0.3 is 10.4 Å². The Kier molecular flexibility index (Phi) is 4.96. The number of halogens is 1. The summed E-state index contributed by atoms with van der Waals surface area (Å²) < 4.78 is 0. The van der Waals surface area contributed by atoms with Gasteiger partial charge in [-0.05, 0) is 24.1 Å². The summed E-state index contributed by atoms with van der Waals surface area (Å²) in [5, 5.41) is 14.1. The number of rotatable bonds is 5. The van der Waals surface area contributed by atoms with E-state index in [1.807, 2.05) is 54.6 Å². The van der Waals surface area contributed by atoms with Gasteiger partial charge in [0.1, 0.15) is 5.69 Å². The van der Waals surface area contributed by atoms with Crippen molar-refractivity contribution in [2.45, 2.75) is 19.4 Å². The molecule has 1 atom stereocenters. The highest BCUT2D eigenvalue weighted by molar-refractivity contribution is 6.30. The minimum absolute atomic E-state index is 0.0614. The van der Waals surface area contributed by atoms with E-state index in [9.17, 15) is 5.11 Å². The van der Waals surface area contributed by atoms with Gasteiger partial charge in [-0.15, -0.1) is 0 Å². The van der Waals surface area contributed by atoms with E-state index < -0.39 is 0 Å². The molecule has 0 amide bonds. The summed E-state index contributed by atoms with van der Waals surface area (Å²) in [6, 6.07) is 17.3. The number of benzene rings is 2. The first-order chi connectivity index (χ1) is 11.7. The molecule has 1 unspecified atom stereocenters. The minimum atomic E-state index is 0.0614. The van der Waals surface area contributed by atoms with E-state index in [1.165, 1.54) is 6.20 Å². The van der Waals surface area contributed by atoms with Crippen LogP contribution in [0.4, 0.5) is 5.95 Å². The molecule has 122 valence electrons. The lowest BCUT2D eigenvalue weighted by Crippen LogP contribution is -2.12. The van der Waals surface area contributed by atoms with Crippen LogP contribution in [0, 0.1) is 0 Å². The van der Waals surface area contributed by atoms with Gasteiger partial charge in [0.2, 0.25) is 5.95 Å². The third-order valence-corrected chi connectivity index (χ3v) is 4.05. The Morgan fingerprint density at radius 3 is 2.46 bits per heavy atom. The zero-order valence-corrected chi connectivity index (χ0v) is 14.0. The van der Waals surface area contributed by atoms with Crippen molar-refractivity contribution in [2.24, 2.45) is 0 Å². The van der Waals surface area contributed by atoms with E-state index in [0.717, 1.165) is 17.5 Å². The highest BCUT2D eigenvalue weighted by Gasteiger charge is 2.13. The fraction of sp³-hybridized carbons (Fsp3) is 0.158. The van der Waals surface area contributed by atoms with Crippen LogP contribution < -0.4 is 5.32 Å². The molecular formula is C19H18ClN3O. The number of hydrogen-bond acceptors (Lipinski definition) is 4. The highest BCUT2D eigenvalue weighted by atomic mass is 35.5. The normalized spacial score (nSPS) is 11.9. The number of anilines is 1. The molecule has 0 bridgehead atoms. The Morgan fingerprint density at radius 2 is 1.79 bits per heavy atom. The van der Waals surface area contributed by atoms with E-state index >= 15 is 0 Å². The van der Waals surface area contributed by atoms with Crippen LogP contribution in [0.3, 0.4) is 0 Å². The highest BCUT2D eigenvalue weighted by Crippen LogP contribution is 2.28. The van der Waals surface area contributed by atoms with Gasteiger partial charge in [0, 0.05) is 10.6 Å². The van der Waals surface area contributed by atoms with Gasteiger partial charge in [-0.3, -0.25) is 0 Å². The maximum atomic E-state index is 10.1. The Morgan fingerprint density at radius 1 is 1.08 bits per heavy atom. The Bertz CT molecular complexity index is 807. The molecule has 3 rings (SSSR count). The summed E-state index contributed by atoms with van der Waals surface area (Å²) in [4.78, 5) is 8.67. The molecule has 1 heterocycles. The second-order valence-electron chi connectivity index (χ2n) is 5.45. The molecule has 4 nitrogen and oxygen atoms in total. The standard InChI is InChI=1S/C19H18ClN3O/c1-2-16(13-8-10-15(20)11-9-13)22-19-21-12-17(24)18(23-19)14-6-4-3-5-7-14/h3-12,16,24H,2H2,1H3,(H,21,22,23). The number of aromatic hydroxyl groups is 1. The van der Waals surface area contributed by atoms with Crippen LogP contribution in [0.2, 0.25) is 5.02 Å². The summed E-state index contributed by atoms with van der Waals surface area (Å²) in [6.45, 7) is 2.09. The minimum Gasteiger partial charge on any atom is -0.504 e. The second kappa shape index (κ2) is 7.32. The topological polar surface area (TPSA) is 58.0 Å². The Balaban J connectivity index is 1.88. The average Bonchev–Trinajstić information content (AvgIpc) is 2.62. The van der Waals surface area contributed by atoms with Gasteiger partial charge in [-0.25, -0.2) is 9.97 Å². The van der Waals surface area contributed by atoms with Crippen molar-refractivity contribution in [3.8, 4) is 17.0 Å². The molecule has 2 aromatic carbocycles. The molecule has 0 saturated heterocycles. The zero-order chi connectivity index (χ0) is 16.9. The van der Waals surface area contributed by atoms with Gasteiger partial charge in [0.15, 0.2) is 5.75 Å². The molecule has 1 aromatic heterocycles. The fourth-order valence-corrected chi connectivity index (χ4v) is 2.65. The fourth-order valence-electron chi connectivity index (χ4n) is 2.53. The van der Waals surface area contributed by atoms with Gasteiger partial charge in [0.05, 0.1) is 12.2 Å². The number of aromatic nitrogens is 2. The SMILES string of the molecule is CCC(Nc1ncc(O)c(-c2ccccc2)n1)c1ccc(Cl)cc1. The van der Waals surface area contributed by atoms with Crippen LogP contribution in [0.15, 0.2) is 60.8 Å². The first kappa shape index (κ1) is 16.3. The lowest BCUT2D eigenvalue weighted by atomic mass is 10.1. The van der Waals surface area contributed by atoms with E-state index in [1.54, 1.807) is 0 Å². The zero-order valence-electron chi connectivity index (χ0n) is 13.3. The van der Waals surface area contributed by atoms with Crippen LogP contribution in [-0.4, -0.2) is 15.1 Å². The lowest BCUT2D eigenvalue weighted by Gasteiger charge is -2.18. The van der Waals surface area contributed by atoms with Crippen molar-refractivity contribution in [1.29, 1.82) is 0 Å². The predicted octanol–water partition coefficient (Wildman–Crippen LogP) is 5.07. The van der Waals surface area contributed by atoms with Crippen molar-refractivity contribution in [1.82, 2.24) is 9.97 Å². The predicted molar refractivity (Wildman–Crippen MR) is 97.2 cm³/mol. The van der Waals surface area contributed by atoms with Gasteiger partial charge in [-0.1, -0.05) is 61.0 Å². The van der Waals surface area contributed by atoms with Crippen LogP contribution >= 0.6 is 11.6 Å². The van der Waals surface area contributed by atoms with Crippen LogP contribution in [-0.2, 0) is 0 Å². The Hall–Kier alpha value is -2.59. The largest absolute Gasteiger partial charge is 0.504 e. The van der Waals surface area contributed by atoms with Crippen molar-refractivity contribution in [2.75, 3.05) is 5.32 Å². The van der Waals surface area contributed by atoms with Crippen molar-refractivity contribution in [3.63, 3.8) is 0 Å². The smallest absolute Gasteiger partial charge is 0.223 e. The third kappa shape index (κ3) is 3.66. The first-order valence-electron chi connectivity index (χ1n) is 7.81. The molecule has 24 heavy (non-hydrogen) atoms. The number of hydrogen-bond donors (Lipinski definition) is 2. The van der Waals surface area contributed by atoms with E-state index in [4.69, 9.17) is 11.6 Å². The second-order valence-corrected chi connectivity index (χ2v) is 5.89. The monoisotopic (exact) mass is 339 g/mol. The average molecular weight is 340 g/mol. The molecule has 0 spiro atoms. The molecule has 0 saturated carbocycles. The molecule has 5 heteroatoms. The van der Waals surface area contributed by atoms with Crippen molar-refractivity contribution >= 4 is 17.5 Å². The van der Waals surface area contributed by atoms with E-state index in [2.05, 4.69) is 22.2 Å². The molecule has 3 aromatic rings. The van der Waals surface area contributed by atoms with Gasteiger partial charge in [-0.2, -0.15) is 0 Å². The number of nitrogens with zero attached hydrogens (tertiary/aromatic N) is 2. The molecular weight excluding hydrogens is 322 g/mol. The first-order valence-corrected chi connectivity index (χ1v) is 8.18. The van der Waals surface area contributed by atoms with E-state index in [-0.39, 0.29) is 11.8 Å². The molecule has 0 aliphatic rings. The summed E-state index contributed by atoms with van der Waals surface area (Å²) in [6.07, 6.45) is 2.29. The quantitative estimate of drug-likeness (QED) is 0.681. The lowest BCUT2D eigenvalue weighted by molar-refractivity contribution is 0.472. The van der Waals surface area contributed by atoms with Crippen LogP contribution in [0.1, 0.15) is 24.9 Å². The molecule has 2 N–H and O–H groups in total. The van der Waals surface area contributed by atoms with Crippen LogP contribution in [0.25, 0.3) is 11.3 Å². The summed E-state index contributed by atoms with van der Waals surface area (Å²) in [7, 11) is 0. The molecule has 0 radical (unpaired) electrons. The van der Waals surface area contributed by atoms with E-state index in [0.29, 0.717) is 16.7 Å². The Labute approximate surface area is 146 Å². The molecule has 0 aliphatic carbocycles. The number of nitrogens with one attached hydrogen (secondary N) is 1. The summed E-state index contributed by atoms with van der Waals surface area (Å²) >= 11 is 5.95. The summed E-state index contributed by atoms with van der Waals surface area (Å²) in [5.74, 6) is 0.541. The van der Waals surface area contributed by atoms with Crippen molar-refractivity contribution < 1.29 is 5.11 Å². The molecule has 0 fully saturated rings. The van der Waals surface area contributed by atoms with Crippen LogP contribution in [0.5, 0.6) is 5.75 Å². The molecule has 0 aliphatic heterocycles. The summed E-state index contributed by atoms with van der Waals surface area (Å²) in [5.41, 5.74) is 2.47. The van der Waals surface area contributed by atoms with Gasteiger partial charge >= 0.3 is 0 Å². The third-order valence-electron chi connectivity index (χ3n) is 3.80. The maximum absolute atomic E-state index is 10.1. The van der Waals surface area contributed by atoms with Crippen molar-refractivity contribution in [3.05, 3.63) is 71.4 Å². The maximum Gasteiger partial charge on any atom is 0.223 e.